The van der Waals surface area contributed by atoms with Gasteiger partial charge >= 0.3 is 201 Å². The Balaban J connectivity index is 2.48. The van der Waals surface area contributed by atoms with E-state index in [9.17, 15) is 38.4 Å². The Morgan fingerprint density at radius 3 is 1.49 bits per heavy atom. The molecular formula is C26H10GeO8. The Kier molecular flexibility index (Phi) is 7.64. The second-order valence-corrected chi connectivity index (χ2v) is 13.8. The van der Waals surface area contributed by atoms with Crippen LogP contribution in [-0.2, 0) is 38.4 Å². The molecule has 1 fully saturated rings. The zero-order valence-electron chi connectivity index (χ0n) is 17.5. The van der Waals surface area contributed by atoms with E-state index in [4.69, 9.17) is 0 Å². The number of hydrogen-bond acceptors (Lipinski definition) is 8. The number of hydrogen-bond donors (Lipinski definition) is 0. The molecule has 0 spiro atoms. The molecule has 1 saturated carbocycles. The monoisotopic (exact) mass is 524 g/mol. The maximum absolute atomic E-state index is 12.1. The first-order chi connectivity index (χ1) is 17.1. The first-order valence-corrected chi connectivity index (χ1v) is 13.8. The van der Waals surface area contributed by atoms with Crippen LogP contribution in [0, 0.1) is 0 Å². The summed E-state index contributed by atoms with van der Waals surface area (Å²) in [6, 6.07) is 8.30. The molecule has 2 aliphatic carbocycles. The fourth-order valence-corrected chi connectivity index (χ4v) is 12.8. The van der Waals surface area contributed by atoms with Crippen molar-refractivity contribution in [2.75, 3.05) is 0 Å². The first kappa shape index (κ1) is 24.7. The molecule has 9 heteroatoms. The van der Waals surface area contributed by atoms with Crippen LogP contribution in [0.1, 0.15) is 0 Å². The number of carbonyl (C=O) groups excluding carboxylic acids is 8. The average Bonchev–Trinajstić information content (AvgIpc) is 2.91. The van der Waals surface area contributed by atoms with Gasteiger partial charge in [-0.15, -0.1) is 0 Å². The molecule has 0 saturated heterocycles. The third-order valence-electron chi connectivity index (χ3n) is 5.78. The van der Waals surface area contributed by atoms with Crippen molar-refractivity contribution >= 4 is 66.3 Å². The molecule has 1 aromatic rings. The molecule has 0 aliphatic heterocycles. The van der Waals surface area contributed by atoms with Gasteiger partial charge < -0.3 is 0 Å². The standard InChI is InChI=1S/C26H10GeO8/c28-8-16-6-7-25(22(13-33)18(16)9-29)27(17-4-2-1-3-5-17)26-23(14-34)20(11-31)19(10-30)21(12-32)24(26)15-35/h1-7,25-27H. The molecule has 1 aromatic carbocycles. The molecule has 3 rings (SSSR count). The summed E-state index contributed by atoms with van der Waals surface area (Å²) < 4.78 is -1.64. The molecule has 2 atom stereocenters. The van der Waals surface area contributed by atoms with Gasteiger partial charge in [-0.05, 0) is 0 Å². The van der Waals surface area contributed by atoms with Gasteiger partial charge in [0.05, 0.1) is 0 Å². The molecule has 2 unspecified atom stereocenters. The average molecular weight is 523 g/mol. The van der Waals surface area contributed by atoms with Crippen molar-refractivity contribution in [3.05, 3.63) is 87.1 Å². The van der Waals surface area contributed by atoms with Gasteiger partial charge in [0.1, 0.15) is 0 Å². The Labute approximate surface area is 201 Å². The van der Waals surface area contributed by atoms with Crippen molar-refractivity contribution in [2.45, 2.75) is 9.50 Å². The number of benzene rings is 1. The van der Waals surface area contributed by atoms with Gasteiger partial charge in [0, 0.05) is 0 Å². The van der Waals surface area contributed by atoms with Crippen molar-refractivity contribution in [3.63, 3.8) is 0 Å². The quantitative estimate of drug-likeness (QED) is 0.383. The first-order valence-electron chi connectivity index (χ1n) is 9.82. The third kappa shape index (κ3) is 4.11. The molecule has 0 aromatic heterocycles. The normalized spacial score (nSPS) is 19.9. The van der Waals surface area contributed by atoms with Crippen molar-refractivity contribution < 1.29 is 38.4 Å². The molecule has 8 nitrogen and oxygen atoms in total. The van der Waals surface area contributed by atoms with E-state index in [1.54, 1.807) is 54.1 Å². The van der Waals surface area contributed by atoms with Crippen molar-refractivity contribution in [1.82, 2.24) is 0 Å². The van der Waals surface area contributed by atoms with Crippen LogP contribution in [-0.4, -0.2) is 61.9 Å². The minimum absolute atomic E-state index is 0.238. The molecule has 0 heterocycles. The van der Waals surface area contributed by atoms with E-state index >= 15 is 0 Å². The summed E-state index contributed by atoms with van der Waals surface area (Å²) in [6.45, 7) is 0. The Hall–Kier alpha value is -4.90. The van der Waals surface area contributed by atoms with E-state index in [0.717, 1.165) is 0 Å². The van der Waals surface area contributed by atoms with E-state index in [-0.39, 0.29) is 16.7 Å². The van der Waals surface area contributed by atoms with E-state index in [1.807, 2.05) is 0 Å². The summed E-state index contributed by atoms with van der Waals surface area (Å²) in [6.07, 6.45) is 2.69. The third-order valence-corrected chi connectivity index (χ3v) is 13.9. The van der Waals surface area contributed by atoms with E-state index in [1.165, 1.54) is 35.9 Å². The van der Waals surface area contributed by atoms with Gasteiger partial charge in [0.15, 0.2) is 0 Å². The number of allylic oxidation sites excluding steroid dienone is 10. The van der Waals surface area contributed by atoms with Gasteiger partial charge in [0.25, 0.3) is 0 Å². The van der Waals surface area contributed by atoms with Crippen LogP contribution in [0.4, 0.5) is 0 Å². The molecule has 166 valence electrons. The summed E-state index contributed by atoms with van der Waals surface area (Å²) >= 11 is -3.77. The Bertz CT molecular complexity index is 1520. The van der Waals surface area contributed by atoms with Gasteiger partial charge in [0.2, 0.25) is 0 Å². The predicted molar refractivity (Wildman–Crippen MR) is 124 cm³/mol. The summed E-state index contributed by atoms with van der Waals surface area (Å²) in [5.74, 6) is 12.2. The maximum atomic E-state index is 12.1. The van der Waals surface area contributed by atoms with Crippen LogP contribution in [0.25, 0.3) is 0 Å². The molecule has 35 heavy (non-hydrogen) atoms. The summed E-state index contributed by atoms with van der Waals surface area (Å²) in [5, 5.41) is 0. The molecular weight excluding hydrogens is 513 g/mol. The van der Waals surface area contributed by atoms with Crippen LogP contribution in [0.2, 0.25) is 9.50 Å². The van der Waals surface area contributed by atoms with Crippen molar-refractivity contribution in [2.24, 2.45) is 0 Å². The minimum atomic E-state index is -3.77. The molecule has 0 bridgehead atoms. The Morgan fingerprint density at radius 2 is 1.06 bits per heavy atom. The topological polar surface area (TPSA) is 137 Å². The number of rotatable bonds is 3. The van der Waals surface area contributed by atoms with Crippen LogP contribution in [0.15, 0.2) is 87.1 Å². The molecule has 0 N–H and O–H groups in total. The fraction of sp³-hybridized carbons (Fsp3) is 0.0769. The summed E-state index contributed by atoms with van der Waals surface area (Å²) in [7, 11) is 0. The van der Waals surface area contributed by atoms with Gasteiger partial charge in [-0.3, -0.25) is 0 Å². The van der Waals surface area contributed by atoms with Crippen LogP contribution in [0.5, 0.6) is 0 Å². The zero-order valence-corrected chi connectivity index (χ0v) is 20.0. The molecule has 0 amide bonds. The summed E-state index contributed by atoms with van der Waals surface area (Å²) in [5.41, 5.74) is -3.65. The van der Waals surface area contributed by atoms with E-state index < -0.39 is 51.7 Å². The van der Waals surface area contributed by atoms with E-state index in [2.05, 4.69) is 0 Å². The van der Waals surface area contributed by atoms with Crippen LogP contribution >= 0.6 is 0 Å². The second kappa shape index (κ2) is 10.8. The zero-order chi connectivity index (χ0) is 25.5. The van der Waals surface area contributed by atoms with E-state index in [0.29, 0.717) is 4.40 Å². The fourth-order valence-electron chi connectivity index (χ4n) is 4.34. The molecule has 0 radical (unpaired) electrons. The molecule has 2 aliphatic rings. The van der Waals surface area contributed by atoms with Gasteiger partial charge in [-0.25, -0.2) is 0 Å². The summed E-state index contributed by atoms with van der Waals surface area (Å²) in [4.78, 5) is 94.2. The van der Waals surface area contributed by atoms with Gasteiger partial charge in [-0.1, -0.05) is 0 Å². The Morgan fingerprint density at radius 1 is 0.543 bits per heavy atom. The second-order valence-electron chi connectivity index (χ2n) is 7.27. The van der Waals surface area contributed by atoms with Crippen molar-refractivity contribution in [1.29, 1.82) is 0 Å². The SMILES string of the molecule is O=C=C1C=C[CH]([GeH]([c]2ccccc2)[CH]2C(=C=O)C(=C=O)C(=C=O)C(=C=O)C2=C=O)C(=C=O)C1=C=O. The predicted octanol–water partition coefficient (Wildman–Crippen LogP) is -0.492. The van der Waals surface area contributed by atoms with Crippen molar-refractivity contribution in [3.8, 4) is 0 Å². The van der Waals surface area contributed by atoms with Gasteiger partial charge in [-0.2, -0.15) is 0 Å². The van der Waals surface area contributed by atoms with Crippen LogP contribution < -0.4 is 4.40 Å². The van der Waals surface area contributed by atoms with Crippen LogP contribution in [0.3, 0.4) is 0 Å².